The molecule has 0 aliphatic rings. The Morgan fingerprint density at radius 3 is 1.54 bits per heavy atom. The number of benzene rings is 5. The number of ether oxygens (including phenoxy) is 1. The van der Waals surface area contributed by atoms with Crippen molar-refractivity contribution in [2.24, 2.45) is 0 Å². The van der Waals surface area contributed by atoms with Gasteiger partial charge in [-0.2, -0.15) is 39.5 Å². The lowest BCUT2D eigenvalue weighted by molar-refractivity contribution is -0.255. The van der Waals surface area contributed by atoms with Gasteiger partial charge in [0.05, 0.1) is 33.2 Å². The van der Waals surface area contributed by atoms with Gasteiger partial charge in [-0.05, 0) is 59.7 Å². The molecule has 5 rings (SSSR count). The van der Waals surface area contributed by atoms with Gasteiger partial charge in [0, 0.05) is 5.56 Å². The number of rotatable bonds is 8. The second kappa shape index (κ2) is 15.4. The number of carboxylic acid groups (broad SMARTS) is 1. The predicted molar refractivity (Wildman–Crippen MR) is 166 cm³/mol. The molecule has 0 fully saturated rings. The summed E-state index contributed by atoms with van der Waals surface area (Å²) in [5.74, 6) is -3.07. The van der Waals surface area contributed by atoms with Gasteiger partial charge in [0.2, 0.25) is 0 Å². The molecule has 0 saturated carbocycles. The molecule has 5 aromatic rings. The number of anilines is 1. The van der Waals surface area contributed by atoms with Crippen molar-refractivity contribution < 1.29 is 67.7 Å². The minimum absolute atomic E-state index is 0.142. The SMILES string of the molecule is O=C([O-])c1ccccc1Oc1ccc(C(F)(F)F)cc1NS(=O)(=O)c1cc(C(F)(F)F)cc(C(F)(F)F)c1.OC(c1ccccc1)c1ccccc1. The summed E-state index contributed by atoms with van der Waals surface area (Å²) in [6.45, 7) is 0. The summed E-state index contributed by atoms with van der Waals surface area (Å²) in [5.41, 5.74) is -5.27. The highest BCUT2D eigenvalue weighted by Gasteiger charge is 2.39. The monoisotopic (exact) mass is 756 g/mol. The van der Waals surface area contributed by atoms with Crippen LogP contribution in [0.25, 0.3) is 0 Å². The number of nitrogens with one attached hydrogen (secondary N) is 1. The van der Waals surface area contributed by atoms with E-state index in [-0.39, 0.29) is 24.3 Å². The van der Waals surface area contributed by atoms with E-state index in [0.717, 1.165) is 23.3 Å². The van der Waals surface area contributed by atoms with Crippen LogP contribution >= 0.6 is 0 Å². The molecule has 0 radical (unpaired) electrons. The smallest absolute Gasteiger partial charge is 0.416 e. The maximum Gasteiger partial charge on any atom is 0.416 e. The normalized spacial score (nSPS) is 12.1. The zero-order valence-corrected chi connectivity index (χ0v) is 26.7. The number of hydrogen-bond acceptors (Lipinski definition) is 6. The Hall–Kier alpha value is -5.55. The minimum Gasteiger partial charge on any atom is -0.545 e. The number of halogens is 9. The molecule has 0 amide bonds. The Morgan fingerprint density at radius 1 is 0.615 bits per heavy atom. The molecule has 0 atom stereocenters. The lowest BCUT2D eigenvalue weighted by Crippen LogP contribution is -2.22. The highest BCUT2D eigenvalue weighted by Crippen LogP contribution is 2.40. The van der Waals surface area contributed by atoms with E-state index in [2.05, 4.69) is 0 Å². The van der Waals surface area contributed by atoms with E-state index < -0.39 is 85.0 Å². The maximum absolute atomic E-state index is 13.3. The lowest BCUT2D eigenvalue weighted by atomic mass is 10.0. The van der Waals surface area contributed by atoms with Crippen molar-refractivity contribution >= 4 is 21.7 Å². The molecule has 0 aliphatic heterocycles. The fourth-order valence-corrected chi connectivity index (χ4v) is 5.60. The number of hydrogen-bond donors (Lipinski definition) is 2. The highest BCUT2D eigenvalue weighted by atomic mass is 32.2. The fourth-order valence-electron chi connectivity index (χ4n) is 4.47. The third-order valence-electron chi connectivity index (χ3n) is 6.98. The number of para-hydroxylation sites is 1. The quantitative estimate of drug-likeness (QED) is 0.154. The molecular formula is C35H23F9NO6S-. The third kappa shape index (κ3) is 10.0. The van der Waals surface area contributed by atoms with Crippen molar-refractivity contribution in [1.82, 2.24) is 0 Å². The number of sulfonamides is 1. The Kier molecular flexibility index (Phi) is 11.6. The number of aliphatic hydroxyl groups excluding tert-OH is 1. The zero-order valence-electron chi connectivity index (χ0n) is 25.9. The summed E-state index contributed by atoms with van der Waals surface area (Å²) in [4.78, 5) is 9.72. The molecule has 2 N–H and O–H groups in total. The van der Waals surface area contributed by atoms with E-state index >= 15 is 0 Å². The molecule has 0 saturated heterocycles. The van der Waals surface area contributed by atoms with Gasteiger partial charge in [-0.1, -0.05) is 72.8 Å². The molecule has 0 aliphatic carbocycles. The van der Waals surface area contributed by atoms with Crippen LogP contribution in [0.4, 0.5) is 45.2 Å². The van der Waals surface area contributed by atoms with E-state index in [9.17, 15) is 62.9 Å². The average Bonchev–Trinajstić information content (AvgIpc) is 3.08. The molecule has 52 heavy (non-hydrogen) atoms. The van der Waals surface area contributed by atoms with Crippen LogP contribution < -0.4 is 14.6 Å². The van der Waals surface area contributed by atoms with Crippen molar-refractivity contribution in [1.29, 1.82) is 0 Å². The molecule has 0 aromatic heterocycles. The van der Waals surface area contributed by atoms with Gasteiger partial charge < -0.3 is 19.7 Å². The van der Waals surface area contributed by atoms with Gasteiger partial charge in [0.25, 0.3) is 10.0 Å². The van der Waals surface area contributed by atoms with Gasteiger partial charge >= 0.3 is 18.5 Å². The first-order valence-corrected chi connectivity index (χ1v) is 15.9. The molecule has 0 spiro atoms. The second-order valence-electron chi connectivity index (χ2n) is 10.7. The van der Waals surface area contributed by atoms with E-state index in [4.69, 9.17) is 4.74 Å². The summed E-state index contributed by atoms with van der Waals surface area (Å²) in [5, 5.41) is 21.3. The van der Waals surface area contributed by atoms with Crippen molar-refractivity contribution in [3.63, 3.8) is 0 Å². The molecule has 274 valence electrons. The standard InChI is InChI=1S/C22H12F9NO5S.C13H12O/c23-20(24,25)11-5-6-18(37-17-4-2-1-3-15(17)19(33)34)16(10-11)32-38(35,36)14-8-12(21(26,27)28)7-13(9-14)22(29,30)31;14-13(11-7-3-1-4-8-11)12-9-5-2-6-10-12/h1-10,32H,(H,33,34);1-10,13-14H/p-1. The van der Waals surface area contributed by atoms with Gasteiger partial charge in [-0.25, -0.2) is 8.42 Å². The molecule has 17 heteroatoms. The molecule has 5 aromatic carbocycles. The van der Waals surface area contributed by atoms with Crippen LogP contribution in [0.2, 0.25) is 0 Å². The Balaban J connectivity index is 0.000000358. The largest absolute Gasteiger partial charge is 0.545 e. The van der Waals surface area contributed by atoms with Crippen molar-refractivity contribution in [2.75, 3.05) is 4.72 Å². The van der Waals surface area contributed by atoms with Gasteiger partial charge in [0.1, 0.15) is 11.9 Å². The molecule has 7 nitrogen and oxygen atoms in total. The summed E-state index contributed by atoms with van der Waals surface area (Å²) in [6, 6.07) is 24.4. The Labute approximate surface area is 289 Å². The third-order valence-corrected chi connectivity index (χ3v) is 8.33. The summed E-state index contributed by atoms with van der Waals surface area (Å²) >= 11 is 0. The van der Waals surface area contributed by atoms with Crippen LogP contribution in [0.1, 0.15) is 44.3 Å². The van der Waals surface area contributed by atoms with Crippen LogP contribution in [0.5, 0.6) is 11.5 Å². The van der Waals surface area contributed by atoms with Crippen molar-refractivity contribution in [3.05, 3.63) is 155 Å². The number of carbonyl (C=O) groups is 1. The molecule has 0 bridgehead atoms. The first-order chi connectivity index (χ1) is 24.2. The van der Waals surface area contributed by atoms with Crippen molar-refractivity contribution in [2.45, 2.75) is 29.5 Å². The summed E-state index contributed by atoms with van der Waals surface area (Å²) in [6.07, 6.45) is -16.4. The summed E-state index contributed by atoms with van der Waals surface area (Å²) in [7, 11) is -5.41. The van der Waals surface area contributed by atoms with Gasteiger partial charge in [0.15, 0.2) is 5.75 Å². The molecule has 0 heterocycles. The van der Waals surface area contributed by atoms with Crippen LogP contribution in [0.3, 0.4) is 0 Å². The molecule has 0 unspecified atom stereocenters. The highest BCUT2D eigenvalue weighted by molar-refractivity contribution is 7.92. The predicted octanol–water partition coefficient (Wildman–Crippen LogP) is 8.47. The van der Waals surface area contributed by atoms with E-state index in [1.807, 2.05) is 60.7 Å². The van der Waals surface area contributed by atoms with Gasteiger partial charge in [-0.3, -0.25) is 4.72 Å². The number of carboxylic acids is 1. The zero-order chi connectivity index (χ0) is 38.5. The van der Waals surface area contributed by atoms with Crippen LogP contribution in [-0.4, -0.2) is 19.5 Å². The van der Waals surface area contributed by atoms with Crippen LogP contribution in [0, 0.1) is 0 Å². The maximum atomic E-state index is 13.3. The van der Waals surface area contributed by atoms with Crippen LogP contribution in [-0.2, 0) is 28.6 Å². The van der Waals surface area contributed by atoms with Crippen molar-refractivity contribution in [3.8, 4) is 11.5 Å². The fraction of sp³-hybridized carbons (Fsp3) is 0.114. The lowest BCUT2D eigenvalue weighted by Gasteiger charge is -2.19. The summed E-state index contributed by atoms with van der Waals surface area (Å²) < 4.78 is 151. The number of aliphatic hydroxyl groups is 1. The van der Waals surface area contributed by atoms with E-state index in [1.165, 1.54) is 16.9 Å². The first-order valence-electron chi connectivity index (χ1n) is 14.5. The minimum atomic E-state index is -5.41. The second-order valence-corrected chi connectivity index (χ2v) is 12.3. The van der Waals surface area contributed by atoms with E-state index in [0.29, 0.717) is 12.1 Å². The average molecular weight is 757 g/mol. The number of aromatic carboxylic acids is 1. The number of alkyl halides is 9. The Bertz CT molecular complexity index is 2050. The molecular weight excluding hydrogens is 733 g/mol. The number of carbonyl (C=O) groups excluding carboxylic acids is 1. The topological polar surface area (TPSA) is 116 Å². The van der Waals surface area contributed by atoms with Crippen LogP contribution in [0.15, 0.2) is 126 Å². The Morgan fingerprint density at radius 2 is 1.08 bits per heavy atom. The first kappa shape index (κ1) is 39.2. The van der Waals surface area contributed by atoms with E-state index in [1.54, 1.807) is 0 Å². The van der Waals surface area contributed by atoms with Gasteiger partial charge in [-0.15, -0.1) is 0 Å².